The maximum atomic E-state index is 13.0. The van der Waals surface area contributed by atoms with Crippen LogP contribution in [-0.2, 0) is 16.2 Å². The summed E-state index contributed by atoms with van der Waals surface area (Å²) < 4.78 is 65.6. The lowest BCUT2D eigenvalue weighted by Gasteiger charge is -2.23. The molecule has 0 amide bonds. The lowest BCUT2D eigenvalue weighted by Crippen LogP contribution is -2.38. The van der Waals surface area contributed by atoms with Crippen LogP contribution in [-0.4, -0.2) is 28.1 Å². The van der Waals surface area contributed by atoms with E-state index in [1.807, 2.05) is 0 Å². The number of benzene rings is 1. The second kappa shape index (κ2) is 8.02. The molecule has 132 valence electrons. The number of hydrogen-bond acceptors (Lipinski definition) is 3. The van der Waals surface area contributed by atoms with Gasteiger partial charge in [-0.3, -0.25) is 0 Å². The molecule has 0 saturated carbocycles. The lowest BCUT2D eigenvalue weighted by molar-refractivity contribution is -0.139. The number of alkyl halides is 3. The SMILES string of the molecule is Cl.O=S(=O)(NCC1CCCNC1)c1ccc(Cl)cc1C(F)(F)F. The summed E-state index contributed by atoms with van der Waals surface area (Å²) in [7, 11) is -4.25. The maximum absolute atomic E-state index is 13.0. The first-order valence-corrected chi connectivity index (χ1v) is 8.63. The molecule has 1 aromatic rings. The molecule has 1 saturated heterocycles. The molecule has 1 fully saturated rings. The molecular formula is C13H17Cl2F3N2O2S. The molecule has 10 heteroatoms. The fraction of sp³-hybridized carbons (Fsp3) is 0.538. The van der Waals surface area contributed by atoms with E-state index in [2.05, 4.69) is 10.0 Å². The van der Waals surface area contributed by atoms with Crippen LogP contribution in [0.1, 0.15) is 18.4 Å². The molecule has 1 aliphatic heterocycles. The summed E-state index contributed by atoms with van der Waals surface area (Å²) >= 11 is 5.55. The molecule has 0 bridgehead atoms. The van der Waals surface area contributed by atoms with Crippen LogP contribution in [0.2, 0.25) is 5.02 Å². The van der Waals surface area contributed by atoms with Crippen LogP contribution >= 0.6 is 24.0 Å². The van der Waals surface area contributed by atoms with Crippen molar-refractivity contribution >= 4 is 34.0 Å². The van der Waals surface area contributed by atoms with Crippen LogP contribution in [0.5, 0.6) is 0 Å². The number of hydrogen-bond donors (Lipinski definition) is 2. The smallest absolute Gasteiger partial charge is 0.316 e. The number of piperidine rings is 1. The van der Waals surface area contributed by atoms with Crippen LogP contribution in [0.3, 0.4) is 0 Å². The summed E-state index contributed by atoms with van der Waals surface area (Å²) in [6.45, 7) is 1.63. The number of sulfonamides is 1. The average molecular weight is 393 g/mol. The molecule has 1 heterocycles. The Bertz CT molecular complexity index is 633. The average Bonchev–Trinajstić information content (AvgIpc) is 2.45. The van der Waals surface area contributed by atoms with Gasteiger partial charge in [0.15, 0.2) is 0 Å². The van der Waals surface area contributed by atoms with Gasteiger partial charge >= 0.3 is 6.18 Å². The van der Waals surface area contributed by atoms with E-state index in [-0.39, 0.29) is 29.9 Å². The monoisotopic (exact) mass is 392 g/mol. The van der Waals surface area contributed by atoms with Crippen molar-refractivity contribution in [2.24, 2.45) is 5.92 Å². The Morgan fingerprint density at radius 3 is 2.61 bits per heavy atom. The molecule has 1 unspecified atom stereocenters. The van der Waals surface area contributed by atoms with Gasteiger partial charge in [0.1, 0.15) is 0 Å². The topological polar surface area (TPSA) is 58.2 Å². The van der Waals surface area contributed by atoms with E-state index >= 15 is 0 Å². The van der Waals surface area contributed by atoms with Crippen molar-refractivity contribution in [1.29, 1.82) is 0 Å². The normalized spacial score (nSPS) is 19.2. The van der Waals surface area contributed by atoms with Gasteiger partial charge in [-0.05, 0) is 50.0 Å². The van der Waals surface area contributed by atoms with E-state index in [9.17, 15) is 21.6 Å². The summed E-state index contributed by atoms with van der Waals surface area (Å²) in [5.74, 6) is 0.0742. The first-order chi connectivity index (χ1) is 10.2. The van der Waals surface area contributed by atoms with E-state index in [4.69, 9.17) is 11.6 Å². The molecule has 1 aliphatic rings. The molecule has 1 atom stereocenters. The third-order valence-corrected chi connectivity index (χ3v) is 5.21. The van der Waals surface area contributed by atoms with Crippen LogP contribution in [0.15, 0.2) is 23.1 Å². The first-order valence-electron chi connectivity index (χ1n) is 6.77. The Labute approximate surface area is 144 Å². The number of rotatable bonds is 4. The zero-order chi connectivity index (χ0) is 16.4. The highest BCUT2D eigenvalue weighted by atomic mass is 35.5. The zero-order valence-electron chi connectivity index (χ0n) is 12.0. The molecule has 1 aromatic carbocycles. The van der Waals surface area contributed by atoms with Crippen molar-refractivity contribution in [1.82, 2.24) is 10.0 Å². The summed E-state index contributed by atoms with van der Waals surface area (Å²) in [6, 6.07) is 2.64. The van der Waals surface area contributed by atoms with Crippen LogP contribution in [0.4, 0.5) is 13.2 Å². The minimum absolute atomic E-state index is 0. The number of halogens is 5. The molecule has 4 nitrogen and oxygen atoms in total. The van der Waals surface area contributed by atoms with E-state index in [1.165, 1.54) is 0 Å². The van der Waals surface area contributed by atoms with Gasteiger partial charge in [-0.2, -0.15) is 13.2 Å². The van der Waals surface area contributed by atoms with Crippen LogP contribution < -0.4 is 10.0 Å². The summed E-state index contributed by atoms with van der Waals surface area (Å²) in [6.07, 6.45) is -3.04. The Kier molecular flexibility index (Phi) is 7.15. The predicted molar refractivity (Wildman–Crippen MR) is 84.5 cm³/mol. The standard InChI is InChI=1S/C13H16ClF3N2O2S.ClH/c14-10-3-4-12(11(6-10)13(15,16)17)22(20,21)19-8-9-2-1-5-18-7-9;/h3-4,6,9,18-19H,1-2,5,7-8H2;1H. The van der Waals surface area contributed by atoms with Crippen molar-refractivity contribution in [2.75, 3.05) is 19.6 Å². The maximum Gasteiger partial charge on any atom is 0.417 e. The van der Waals surface area contributed by atoms with E-state index in [0.29, 0.717) is 12.6 Å². The Morgan fingerprint density at radius 2 is 2.04 bits per heavy atom. The van der Waals surface area contributed by atoms with Gasteiger partial charge in [0.25, 0.3) is 0 Å². The predicted octanol–water partition coefficient (Wildman–Crippen LogP) is 3.06. The molecule has 0 radical (unpaired) electrons. The Balaban J connectivity index is 0.00000264. The van der Waals surface area contributed by atoms with Gasteiger partial charge in [-0.15, -0.1) is 12.4 Å². The molecule has 2 rings (SSSR count). The van der Waals surface area contributed by atoms with E-state index in [0.717, 1.165) is 31.5 Å². The van der Waals surface area contributed by atoms with Crippen LogP contribution in [0, 0.1) is 5.92 Å². The summed E-state index contributed by atoms with van der Waals surface area (Å²) in [5, 5.41) is 2.96. The second-order valence-corrected chi connectivity index (χ2v) is 7.37. The first kappa shape index (κ1) is 20.5. The molecule has 0 aromatic heterocycles. The van der Waals surface area contributed by atoms with Crippen LogP contribution in [0.25, 0.3) is 0 Å². The Morgan fingerprint density at radius 1 is 1.35 bits per heavy atom. The largest absolute Gasteiger partial charge is 0.417 e. The van der Waals surface area contributed by atoms with E-state index < -0.39 is 26.7 Å². The van der Waals surface area contributed by atoms with Crippen molar-refractivity contribution in [3.8, 4) is 0 Å². The van der Waals surface area contributed by atoms with Crippen molar-refractivity contribution in [3.63, 3.8) is 0 Å². The van der Waals surface area contributed by atoms with Gasteiger partial charge in [-0.1, -0.05) is 11.6 Å². The second-order valence-electron chi connectivity index (χ2n) is 5.20. The fourth-order valence-corrected chi connectivity index (χ4v) is 3.86. The lowest BCUT2D eigenvalue weighted by atomic mass is 10.0. The van der Waals surface area contributed by atoms with Crippen molar-refractivity contribution in [3.05, 3.63) is 28.8 Å². The highest BCUT2D eigenvalue weighted by Gasteiger charge is 2.37. The van der Waals surface area contributed by atoms with Gasteiger partial charge < -0.3 is 5.32 Å². The molecule has 2 N–H and O–H groups in total. The zero-order valence-corrected chi connectivity index (χ0v) is 14.4. The summed E-state index contributed by atoms with van der Waals surface area (Å²) in [4.78, 5) is -0.798. The molecule has 0 aliphatic carbocycles. The fourth-order valence-electron chi connectivity index (χ4n) is 2.36. The van der Waals surface area contributed by atoms with Crippen molar-refractivity contribution < 1.29 is 21.6 Å². The number of nitrogens with one attached hydrogen (secondary N) is 2. The minimum Gasteiger partial charge on any atom is -0.316 e. The van der Waals surface area contributed by atoms with Crippen molar-refractivity contribution in [2.45, 2.75) is 23.9 Å². The molecule has 23 heavy (non-hydrogen) atoms. The summed E-state index contributed by atoms with van der Waals surface area (Å²) in [5.41, 5.74) is -1.26. The highest BCUT2D eigenvalue weighted by molar-refractivity contribution is 7.89. The molecule has 0 spiro atoms. The minimum atomic E-state index is -4.79. The van der Waals surface area contributed by atoms with E-state index in [1.54, 1.807) is 0 Å². The molecular weight excluding hydrogens is 376 g/mol. The van der Waals surface area contributed by atoms with Gasteiger partial charge in [0.2, 0.25) is 10.0 Å². The third-order valence-electron chi connectivity index (χ3n) is 3.50. The Hall–Kier alpha value is -0.540. The van der Waals surface area contributed by atoms with Gasteiger partial charge in [0.05, 0.1) is 10.5 Å². The van der Waals surface area contributed by atoms with Gasteiger partial charge in [-0.25, -0.2) is 13.1 Å². The quantitative estimate of drug-likeness (QED) is 0.827. The third kappa shape index (κ3) is 5.49. The van der Waals surface area contributed by atoms with Gasteiger partial charge in [0, 0.05) is 11.6 Å². The highest BCUT2D eigenvalue weighted by Crippen LogP contribution is 2.35.